The summed E-state index contributed by atoms with van der Waals surface area (Å²) in [6.07, 6.45) is 2.50. The molecule has 0 saturated heterocycles. The van der Waals surface area contributed by atoms with Gasteiger partial charge in [0.2, 0.25) is 0 Å². The van der Waals surface area contributed by atoms with Crippen LogP contribution in [0.3, 0.4) is 0 Å². The lowest BCUT2D eigenvalue weighted by molar-refractivity contribution is 0.487. The molecule has 1 aliphatic rings. The normalized spacial score (nSPS) is 15.4. The van der Waals surface area contributed by atoms with Crippen molar-refractivity contribution < 1.29 is 0 Å². The van der Waals surface area contributed by atoms with Gasteiger partial charge in [0.15, 0.2) is 5.96 Å². The Kier molecular flexibility index (Phi) is 5.05. The molecule has 3 nitrogen and oxygen atoms in total. The number of nitrogens with zero attached hydrogens (tertiary/aromatic N) is 2. The Morgan fingerprint density at radius 2 is 2.00 bits per heavy atom. The molecule has 0 aromatic heterocycles. The highest BCUT2D eigenvalue weighted by Gasteiger charge is 2.27. The molecule has 88 valence electrons. The van der Waals surface area contributed by atoms with Gasteiger partial charge in [0.25, 0.3) is 0 Å². The second-order valence-electron chi connectivity index (χ2n) is 4.00. The number of benzene rings is 1. The molecule has 0 heterocycles. The molecule has 2 N–H and O–H groups in total. The Hall–Kier alpha value is -0.780. The zero-order valence-corrected chi connectivity index (χ0v) is 11.8. The molecule has 4 heteroatoms. The smallest absolute Gasteiger partial charge is 0.191 e. The fourth-order valence-corrected chi connectivity index (χ4v) is 1.52. The molecule has 0 unspecified atom stereocenters. The second-order valence-corrected chi connectivity index (χ2v) is 4.00. The summed E-state index contributed by atoms with van der Waals surface area (Å²) >= 11 is 0. The molecule has 2 rings (SSSR count). The van der Waals surface area contributed by atoms with E-state index < -0.39 is 0 Å². The third-order valence-electron chi connectivity index (χ3n) is 2.72. The van der Waals surface area contributed by atoms with Crippen molar-refractivity contribution in [2.45, 2.75) is 25.4 Å². The topological polar surface area (TPSA) is 41.6 Å². The van der Waals surface area contributed by atoms with Crippen LogP contribution in [0, 0.1) is 0 Å². The molecule has 16 heavy (non-hydrogen) atoms. The summed E-state index contributed by atoms with van der Waals surface area (Å²) in [5, 5.41) is 0. The van der Waals surface area contributed by atoms with E-state index in [0.717, 1.165) is 0 Å². The molecule has 0 aliphatic heterocycles. The molecule has 1 fully saturated rings. The SMILES string of the molecule is CN(C(N)=NCc1ccccc1)C1CC1.I. The van der Waals surface area contributed by atoms with E-state index in [0.29, 0.717) is 18.5 Å². The van der Waals surface area contributed by atoms with Gasteiger partial charge >= 0.3 is 0 Å². The first-order valence-corrected chi connectivity index (χ1v) is 5.34. The van der Waals surface area contributed by atoms with E-state index in [9.17, 15) is 0 Å². The molecule has 0 radical (unpaired) electrons. The molecule has 1 aliphatic carbocycles. The van der Waals surface area contributed by atoms with Crippen molar-refractivity contribution >= 4 is 29.9 Å². The van der Waals surface area contributed by atoms with Gasteiger partial charge in [0.05, 0.1) is 6.54 Å². The van der Waals surface area contributed by atoms with Crippen LogP contribution in [-0.4, -0.2) is 23.9 Å². The maximum atomic E-state index is 5.88. The van der Waals surface area contributed by atoms with Crippen molar-refractivity contribution in [1.29, 1.82) is 0 Å². The minimum Gasteiger partial charge on any atom is -0.370 e. The van der Waals surface area contributed by atoms with Crippen LogP contribution in [0.5, 0.6) is 0 Å². The summed E-state index contributed by atoms with van der Waals surface area (Å²) in [5.41, 5.74) is 7.08. The van der Waals surface area contributed by atoms with Crippen LogP contribution in [0.15, 0.2) is 35.3 Å². The van der Waals surface area contributed by atoms with Crippen molar-refractivity contribution in [3.63, 3.8) is 0 Å². The monoisotopic (exact) mass is 331 g/mol. The van der Waals surface area contributed by atoms with Crippen molar-refractivity contribution in [1.82, 2.24) is 4.90 Å². The lowest BCUT2D eigenvalue weighted by Gasteiger charge is -2.16. The lowest BCUT2D eigenvalue weighted by Crippen LogP contribution is -2.35. The number of nitrogens with two attached hydrogens (primary N) is 1. The van der Waals surface area contributed by atoms with E-state index in [-0.39, 0.29) is 24.0 Å². The quantitative estimate of drug-likeness (QED) is 0.524. The highest BCUT2D eigenvalue weighted by molar-refractivity contribution is 14.0. The van der Waals surface area contributed by atoms with Crippen molar-refractivity contribution in [3.05, 3.63) is 35.9 Å². The van der Waals surface area contributed by atoms with Crippen LogP contribution < -0.4 is 5.73 Å². The van der Waals surface area contributed by atoms with Crippen molar-refractivity contribution in [3.8, 4) is 0 Å². The van der Waals surface area contributed by atoms with E-state index in [1.54, 1.807) is 0 Å². The zero-order valence-electron chi connectivity index (χ0n) is 9.47. The maximum Gasteiger partial charge on any atom is 0.191 e. The van der Waals surface area contributed by atoms with E-state index >= 15 is 0 Å². The molecule has 1 aromatic carbocycles. The third kappa shape index (κ3) is 3.66. The number of guanidine groups is 1. The van der Waals surface area contributed by atoms with Gasteiger partial charge in [-0.05, 0) is 18.4 Å². The molecule has 0 atom stereocenters. The number of hydrogen-bond donors (Lipinski definition) is 1. The fraction of sp³-hybridized carbons (Fsp3) is 0.417. The first kappa shape index (κ1) is 13.3. The number of halogens is 1. The third-order valence-corrected chi connectivity index (χ3v) is 2.72. The first-order chi connectivity index (χ1) is 7.27. The molecule has 0 amide bonds. The molecule has 0 spiro atoms. The van der Waals surface area contributed by atoms with E-state index in [4.69, 9.17) is 5.73 Å². The van der Waals surface area contributed by atoms with Gasteiger partial charge in [0.1, 0.15) is 0 Å². The van der Waals surface area contributed by atoms with Gasteiger partial charge in [-0.2, -0.15) is 0 Å². The minimum atomic E-state index is 0. The second kappa shape index (κ2) is 6.08. The minimum absolute atomic E-state index is 0. The molecule has 1 aromatic rings. The lowest BCUT2D eigenvalue weighted by atomic mass is 10.2. The number of rotatable bonds is 3. The Morgan fingerprint density at radius 1 is 1.38 bits per heavy atom. The largest absolute Gasteiger partial charge is 0.370 e. The van der Waals surface area contributed by atoms with E-state index in [1.165, 1.54) is 18.4 Å². The Bertz CT molecular complexity index is 347. The summed E-state index contributed by atoms with van der Waals surface area (Å²) in [7, 11) is 2.02. The average Bonchev–Trinajstić information content (AvgIpc) is 3.10. The molecular formula is C12H18IN3. The Morgan fingerprint density at radius 3 is 2.56 bits per heavy atom. The summed E-state index contributed by atoms with van der Waals surface area (Å²) in [6, 6.07) is 10.8. The van der Waals surface area contributed by atoms with Crippen LogP contribution >= 0.6 is 24.0 Å². The summed E-state index contributed by atoms with van der Waals surface area (Å²) in [4.78, 5) is 6.45. The molecule has 0 bridgehead atoms. The van der Waals surface area contributed by atoms with Gasteiger partial charge in [-0.25, -0.2) is 4.99 Å². The van der Waals surface area contributed by atoms with E-state index in [2.05, 4.69) is 22.0 Å². The molecular weight excluding hydrogens is 313 g/mol. The zero-order chi connectivity index (χ0) is 10.7. The van der Waals surface area contributed by atoms with Crippen molar-refractivity contribution in [2.24, 2.45) is 10.7 Å². The average molecular weight is 331 g/mol. The van der Waals surface area contributed by atoms with Gasteiger partial charge in [-0.3, -0.25) is 0 Å². The maximum absolute atomic E-state index is 5.88. The van der Waals surface area contributed by atoms with Crippen LogP contribution in [-0.2, 0) is 6.54 Å². The van der Waals surface area contributed by atoms with Crippen LogP contribution in [0.4, 0.5) is 0 Å². The van der Waals surface area contributed by atoms with Gasteiger partial charge in [-0.15, -0.1) is 24.0 Å². The van der Waals surface area contributed by atoms with Crippen molar-refractivity contribution in [2.75, 3.05) is 7.05 Å². The Labute approximate surface area is 114 Å². The van der Waals surface area contributed by atoms with Gasteiger partial charge in [0, 0.05) is 13.1 Å². The Balaban J connectivity index is 0.00000128. The van der Waals surface area contributed by atoms with Gasteiger partial charge < -0.3 is 10.6 Å². The summed E-state index contributed by atoms with van der Waals surface area (Å²) in [6.45, 7) is 0.670. The van der Waals surface area contributed by atoms with Crippen LogP contribution in [0.1, 0.15) is 18.4 Å². The molecule has 1 saturated carbocycles. The summed E-state index contributed by atoms with van der Waals surface area (Å²) < 4.78 is 0. The van der Waals surface area contributed by atoms with Crippen LogP contribution in [0.2, 0.25) is 0 Å². The van der Waals surface area contributed by atoms with E-state index in [1.807, 2.05) is 25.2 Å². The van der Waals surface area contributed by atoms with Gasteiger partial charge in [-0.1, -0.05) is 30.3 Å². The number of hydrogen-bond acceptors (Lipinski definition) is 1. The predicted octanol–water partition coefficient (Wildman–Crippen LogP) is 2.21. The van der Waals surface area contributed by atoms with Crippen LogP contribution in [0.25, 0.3) is 0 Å². The highest BCUT2D eigenvalue weighted by atomic mass is 127. The number of aliphatic imine (C=N–C) groups is 1. The fourth-order valence-electron chi connectivity index (χ4n) is 1.52. The standard InChI is InChI=1S/C12H17N3.HI/c1-15(11-7-8-11)12(13)14-9-10-5-3-2-4-6-10;/h2-6,11H,7-9H2,1H3,(H2,13,14);1H. The summed E-state index contributed by atoms with van der Waals surface area (Å²) in [5.74, 6) is 0.654. The predicted molar refractivity (Wildman–Crippen MR) is 78.0 cm³/mol. The highest BCUT2D eigenvalue weighted by Crippen LogP contribution is 2.24. The first-order valence-electron chi connectivity index (χ1n) is 5.34.